The molecule has 28 heavy (non-hydrogen) atoms. The number of furan rings is 1. The Morgan fingerprint density at radius 1 is 0.929 bits per heavy atom. The maximum absolute atomic E-state index is 12.8. The minimum atomic E-state index is -3.51. The van der Waals surface area contributed by atoms with E-state index in [0.29, 0.717) is 17.7 Å². The fraction of sp³-hybridized carbons (Fsp3) is 0.136. The predicted octanol–water partition coefficient (Wildman–Crippen LogP) is 5.02. The molecule has 0 saturated heterocycles. The minimum absolute atomic E-state index is 0.00222. The van der Waals surface area contributed by atoms with E-state index in [0.717, 1.165) is 16.4 Å². The second-order valence-electron chi connectivity index (χ2n) is 6.58. The number of sulfone groups is 1. The van der Waals surface area contributed by atoms with Crippen LogP contribution in [0.2, 0.25) is 0 Å². The molecule has 6 heteroatoms. The zero-order valence-electron chi connectivity index (χ0n) is 15.3. The van der Waals surface area contributed by atoms with Crippen molar-refractivity contribution < 1.29 is 17.6 Å². The van der Waals surface area contributed by atoms with Crippen LogP contribution >= 0.6 is 0 Å². The smallest absolute Gasteiger partial charge is 0.256 e. The summed E-state index contributed by atoms with van der Waals surface area (Å²) in [6.07, 6.45) is 0.487. The second kappa shape index (κ2) is 7.13. The number of nitrogens with one attached hydrogen (secondary N) is 1. The zero-order chi connectivity index (χ0) is 19.7. The van der Waals surface area contributed by atoms with E-state index >= 15 is 0 Å². The maximum Gasteiger partial charge on any atom is 0.256 e. The van der Waals surface area contributed by atoms with Crippen LogP contribution in [0.15, 0.2) is 76.0 Å². The molecule has 1 N–H and O–H groups in total. The number of para-hydroxylation sites is 1. The first-order valence-electron chi connectivity index (χ1n) is 9.04. The van der Waals surface area contributed by atoms with Crippen molar-refractivity contribution in [2.45, 2.75) is 18.2 Å². The molecule has 1 heterocycles. The number of fused-ring (bicyclic) bond motifs is 3. The number of carbonyl (C=O) groups is 1. The molecule has 4 aromatic rings. The maximum atomic E-state index is 12.8. The normalized spacial score (nSPS) is 11.8. The van der Waals surface area contributed by atoms with Crippen molar-refractivity contribution in [2.24, 2.45) is 0 Å². The van der Waals surface area contributed by atoms with E-state index in [1.165, 1.54) is 12.1 Å². The molecule has 142 valence electrons. The molecule has 0 spiro atoms. The summed E-state index contributed by atoms with van der Waals surface area (Å²) in [4.78, 5) is 12.8. The molecular weight excluding hydrogens is 374 g/mol. The van der Waals surface area contributed by atoms with Crippen molar-refractivity contribution in [3.63, 3.8) is 0 Å². The minimum Gasteiger partial charge on any atom is -0.456 e. The highest BCUT2D eigenvalue weighted by Crippen LogP contribution is 2.30. The van der Waals surface area contributed by atoms with E-state index in [4.69, 9.17) is 4.42 Å². The van der Waals surface area contributed by atoms with Gasteiger partial charge in [-0.25, -0.2) is 8.42 Å². The molecule has 3 aromatic carbocycles. The number of anilines is 1. The summed E-state index contributed by atoms with van der Waals surface area (Å²) in [5.41, 5.74) is 2.11. The highest BCUT2D eigenvalue weighted by Gasteiger charge is 2.21. The zero-order valence-corrected chi connectivity index (χ0v) is 16.1. The van der Waals surface area contributed by atoms with Crippen molar-refractivity contribution in [1.29, 1.82) is 0 Å². The van der Waals surface area contributed by atoms with Crippen LogP contribution in [0.1, 0.15) is 23.7 Å². The van der Waals surface area contributed by atoms with Crippen LogP contribution in [0.4, 0.5) is 5.69 Å². The van der Waals surface area contributed by atoms with Crippen LogP contribution in [0, 0.1) is 0 Å². The molecule has 0 atom stereocenters. The number of hydrogen-bond acceptors (Lipinski definition) is 4. The summed E-state index contributed by atoms with van der Waals surface area (Å²) >= 11 is 0. The van der Waals surface area contributed by atoms with Gasteiger partial charge in [0.05, 0.1) is 16.2 Å². The Hall–Kier alpha value is -3.12. The summed E-state index contributed by atoms with van der Waals surface area (Å²) in [6, 6.07) is 19.4. The molecular formula is C22H19NO4S. The Kier molecular flexibility index (Phi) is 4.65. The monoisotopic (exact) mass is 393 g/mol. The van der Waals surface area contributed by atoms with Gasteiger partial charge in [0, 0.05) is 22.5 Å². The number of rotatable bonds is 5. The van der Waals surface area contributed by atoms with Gasteiger partial charge in [0.15, 0.2) is 9.84 Å². The van der Waals surface area contributed by atoms with Gasteiger partial charge in [-0.3, -0.25) is 4.79 Å². The van der Waals surface area contributed by atoms with E-state index in [2.05, 4.69) is 5.32 Å². The Morgan fingerprint density at radius 3 is 2.46 bits per heavy atom. The van der Waals surface area contributed by atoms with Crippen molar-refractivity contribution in [1.82, 2.24) is 0 Å². The van der Waals surface area contributed by atoms with E-state index < -0.39 is 15.7 Å². The van der Waals surface area contributed by atoms with Crippen LogP contribution in [0.5, 0.6) is 0 Å². The van der Waals surface area contributed by atoms with Crippen molar-refractivity contribution in [3.8, 4) is 0 Å². The molecule has 0 unspecified atom stereocenters. The molecule has 0 saturated carbocycles. The third-order valence-electron chi connectivity index (χ3n) is 4.58. The van der Waals surface area contributed by atoms with Gasteiger partial charge < -0.3 is 9.73 Å². The van der Waals surface area contributed by atoms with Crippen LogP contribution < -0.4 is 5.32 Å². The number of amides is 1. The van der Waals surface area contributed by atoms with Crippen LogP contribution in [-0.4, -0.2) is 20.1 Å². The third-order valence-corrected chi connectivity index (χ3v) is 6.55. The van der Waals surface area contributed by atoms with Gasteiger partial charge in [-0.2, -0.15) is 0 Å². The number of carbonyl (C=O) groups excluding carboxylic acids is 1. The van der Waals surface area contributed by atoms with E-state index in [1.807, 2.05) is 30.3 Å². The topological polar surface area (TPSA) is 76.4 Å². The summed E-state index contributed by atoms with van der Waals surface area (Å²) in [5.74, 6) is -0.465. The lowest BCUT2D eigenvalue weighted by Crippen LogP contribution is -2.17. The van der Waals surface area contributed by atoms with Crippen LogP contribution in [0.3, 0.4) is 0 Å². The lowest BCUT2D eigenvalue weighted by atomic mass is 10.1. The summed E-state index contributed by atoms with van der Waals surface area (Å²) < 4.78 is 30.8. The Balaban J connectivity index is 1.68. The molecule has 0 aliphatic carbocycles. The molecule has 0 aliphatic rings. The first-order valence-corrected chi connectivity index (χ1v) is 10.7. The van der Waals surface area contributed by atoms with Gasteiger partial charge in [-0.1, -0.05) is 37.3 Å². The first-order chi connectivity index (χ1) is 13.5. The largest absolute Gasteiger partial charge is 0.456 e. The molecule has 0 aliphatic heterocycles. The van der Waals surface area contributed by atoms with E-state index in [1.54, 1.807) is 31.2 Å². The fourth-order valence-electron chi connectivity index (χ4n) is 3.31. The summed E-state index contributed by atoms with van der Waals surface area (Å²) in [7, 11) is -3.51. The van der Waals surface area contributed by atoms with Gasteiger partial charge in [-0.05, 0) is 36.8 Å². The lowest BCUT2D eigenvalue weighted by Gasteiger charge is -2.10. The standard InChI is InChI=1S/C22H19NO4S/c1-2-13-28(25,26)21-10-6-4-8-18(21)22(24)23-15-11-12-17-16-7-3-5-9-19(16)27-20(17)14-15/h3-12,14H,2,13H2,1H3,(H,23,24). The van der Waals surface area contributed by atoms with E-state index in [-0.39, 0.29) is 16.2 Å². The molecule has 0 fully saturated rings. The van der Waals surface area contributed by atoms with Crippen molar-refractivity contribution in [2.75, 3.05) is 11.1 Å². The van der Waals surface area contributed by atoms with Crippen LogP contribution in [0.25, 0.3) is 21.9 Å². The van der Waals surface area contributed by atoms with Crippen molar-refractivity contribution in [3.05, 3.63) is 72.3 Å². The molecule has 0 radical (unpaired) electrons. The first kappa shape index (κ1) is 18.3. The molecule has 4 rings (SSSR count). The summed E-state index contributed by atoms with van der Waals surface area (Å²) in [5, 5.41) is 4.75. The quantitative estimate of drug-likeness (QED) is 0.516. The third kappa shape index (κ3) is 3.27. The van der Waals surface area contributed by atoms with Gasteiger partial charge in [0.1, 0.15) is 11.2 Å². The second-order valence-corrected chi connectivity index (χ2v) is 8.66. The molecule has 1 amide bonds. The lowest BCUT2D eigenvalue weighted by molar-refractivity contribution is 0.102. The Labute approximate surface area is 162 Å². The predicted molar refractivity (Wildman–Crippen MR) is 110 cm³/mol. The van der Waals surface area contributed by atoms with Gasteiger partial charge in [0.2, 0.25) is 0 Å². The summed E-state index contributed by atoms with van der Waals surface area (Å²) in [6.45, 7) is 1.79. The molecule has 1 aromatic heterocycles. The van der Waals surface area contributed by atoms with Gasteiger partial charge in [0.25, 0.3) is 5.91 Å². The number of benzene rings is 3. The highest BCUT2D eigenvalue weighted by molar-refractivity contribution is 7.91. The molecule has 5 nitrogen and oxygen atoms in total. The number of hydrogen-bond donors (Lipinski definition) is 1. The fourth-order valence-corrected chi connectivity index (χ4v) is 4.85. The Morgan fingerprint density at radius 2 is 1.64 bits per heavy atom. The van der Waals surface area contributed by atoms with E-state index in [9.17, 15) is 13.2 Å². The molecule has 0 bridgehead atoms. The van der Waals surface area contributed by atoms with Gasteiger partial charge in [-0.15, -0.1) is 0 Å². The van der Waals surface area contributed by atoms with Crippen molar-refractivity contribution >= 4 is 43.4 Å². The van der Waals surface area contributed by atoms with Crippen LogP contribution in [-0.2, 0) is 9.84 Å². The highest BCUT2D eigenvalue weighted by atomic mass is 32.2. The SMILES string of the molecule is CCCS(=O)(=O)c1ccccc1C(=O)Nc1ccc2c(c1)oc1ccccc12. The van der Waals surface area contributed by atoms with Gasteiger partial charge >= 0.3 is 0 Å². The Bertz CT molecular complexity index is 1290. The average Bonchev–Trinajstić information content (AvgIpc) is 3.05. The average molecular weight is 393 g/mol.